The molecule has 0 aliphatic carbocycles. The molecule has 0 bridgehead atoms. The number of benzene rings is 1. The molecule has 0 unspecified atom stereocenters. The number of fused-ring (bicyclic) bond motifs is 1. The summed E-state index contributed by atoms with van der Waals surface area (Å²) in [6.07, 6.45) is 3.19. The Kier molecular flexibility index (Phi) is 2.76. The molecule has 0 aliphatic rings. The number of aromatic nitrogens is 1. The molecular weight excluding hydrogens is 189 g/mol. The highest BCUT2D eigenvalue weighted by Crippen LogP contribution is 2.18. The number of aryl methyl sites for hydroxylation is 1. The summed E-state index contributed by atoms with van der Waals surface area (Å²) in [5, 5.41) is 0.985. The van der Waals surface area contributed by atoms with Crippen molar-refractivity contribution >= 4 is 10.9 Å². The van der Waals surface area contributed by atoms with Crippen LogP contribution in [0.4, 0.5) is 4.39 Å². The second-order valence-corrected chi connectivity index (χ2v) is 4.39. The van der Waals surface area contributed by atoms with Crippen molar-refractivity contribution in [1.29, 1.82) is 0 Å². The van der Waals surface area contributed by atoms with E-state index in [1.54, 1.807) is 6.07 Å². The summed E-state index contributed by atoms with van der Waals surface area (Å²) in [5.41, 5.74) is 1.12. The SMILES string of the molecule is CC(C)CCn1ccc2cc(F)ccc21. The van der Waals surface area contributed by atoms with Gasteiger partial charge in [-0.1, -0.05) is 13.8 Å². The average molecular weight is 205 g/mol. The van der Waals surface area contributed by atoms with Gasteiger partial charge in [-0.3, -0.25) is 0 Å². The number of nitrogens with zero attached hydrogens (tertiary/aromatic N) is 1. The maximum absolute atomic E-state index is 13.0. The predicted molar refractivity (Wildman–Crippen MR) is 61.4 cm³/mol. The van der Waals surface area contributed by atoms with Crippen molar-refractivity contribution in [3.8, 4) is 0 Å². The van der Waals surface area contributed by atoms with Crippen LogP contribution in [0.2, 0.25) is 0 Å². The molecular formula is C13H16FN. The van der Waals surface area contributed by atoms with Crippen molar-refractivity contribution < 1.29 is 4.39 Å². The van der Waals surface area contributed by atoms with Crippen molar-refractivity contribution in [3.63, 3.8) is 0 Å². The van der Waals surface area contributed by atoms with E-state index in [4.69, 9.17) is 0 Å². The summed E-state index contributed by atoms with van der Waals surface area (Å²) in [6.45, 7) is 5.43. The van der Waals surface area contributed by atoms with Gasteiger partial charge < -0.3 is 4.57 Å². The van der Waals surface area contributed by atoms with Crippen molar-refractivity contribution in [2.24, 2.45) is 5.92 Å². The molecule has 0 aliphatic heterocycles. The maximum Gasteiger partial charge on any atom is 0.123 e. The van der Waals surface area contributed by atoms with Crippen LogP contribution < -0.4 is 0 Å². The highest BCUT2D eigenvalue weighted by molar-refractivity contribution is 5.80. The molecule has 2 aromatic rings. The fourth-order valence-electron chi connectivity index (χ4n) is 1.76. The summed E-state index contributed by atoms with van der Waals surface area (Å²) in [6, 6.07) is 6.93. The lowest BCUT2D eigenvalue weighted by Crippen LogP contribution is -1.99. The zero-order chi connectivity index (χ0) is 10.8. The molecule has 0 N–H and O–H groups in total. The third-order valence-corrected chi connectivity index (χ3v) is 2.68. The van der Waals surface area contributed by atoms with Crippen molar-refractivity contribution in [1.82, 2.24) is 4.57 Å². The molecule has 0 spiro atoms. The van der Waals surface area contributed by atoms with E-state index in [-0.39, 0.29) is 5.82 Å². The van der Waals surface area contributed by atoms with E-state index >= 15 is 0 Å². The molecule has 0 fully saturated rings. The molecule has 15 heavy (non-hydrogen) atoms. The van der Waals surface area contributed by atoms with Gasteiger partial charge >= 0.3 is 0 Å². The first-order valence-corrected chi connectivity index (χ1v) is 5.41. The zero-order valence-electron chi connectivity index (χ0n) is 9.20. The Morgan fingerprint density at radius 3 is 2.80 bits per heavy atom. The fourth-order valence-corrected chi connectivity index (χ4v) is 1.76. The molecule has 2 heteroatoms. The summed E-state index contributed by atoms with van der Waals surface area (Å²) in [4.78, 5) is 0. The Morgan fingerprint density at radius 1 is 1.27 bits per heavy atom. The first-order valence-electron chi connectivity index (χ1n) is 5.41. The topological polar surface area (TPSA) is 4.93 Å². The maximum atomic E-state index is 13.0. The molecule has 80 valence electrons. The van der Waals surface area contributed by atoms with Crippen LogP contribution in [-0.4, -0.2) is 4.57 Å². The van der Waals surface area contributed by atoms with Gasteiger partial charge in [0.15, 0.2) is 0 Å². The van der Waals surface area contributed by atoms with E-state index in [2.05, 4.69) is 18.4 Å². The Morgan fingerprint density at radius 2 is 2.07 bits per heavy atom. The van der Waals surface area contributed by atoms with Crippen LogP contribution in [0.3, 0.4) is 0 Å². The normalized spacial score (nSPS) is 11.5. The summed E-state index contributed by atoms with van der Waals surface area (Å²) >= 11 is 0. The van der Waals surface area contributed by atoms with Crippen LogP contribution in [0.25, 0.3) is 10.9 Å². The summed E-state index contributed by atoms with van der Waals surface area (Å²) in [7, 11) is 0. The molecule has 1 aromatic heterocycles. The zero-order valence-corrected chi connectivity index (χ0v) is 9.20. The first-order chi connectivity index (χ1) is 7.16. The highest BCUT2D eigenvalue weighted by Gasteiger charge is 2.02. The van der Waals surface area contributed by atoms with Gasteiger partial charge in [0.05, 0.1) is 0 Å². The van der Waals surface area contributed by atoms with E-state index < -0.39 is 0 Å². The highest BCUT2D eigenvalue weighted by atomic mass is 19.1. The molecule has 0 atom stereocenters. The van der Waals surface area contributed by atoms with E-state index in [1.807, 2.05) is 18.3 Å². The van der Waals surface area contributed by atoms with Gasteiger partial charge in [-0.05, 0) is 36.6 Å². The van der Waals surface area contributed by atoms with E-state index in [0.29, 0.717) is 5.92 Å². The Bertz CT molecular complexity index is 457. The van der Waals surface area contributed by atoms with Crippen LogP contribution in [0, 0.1) is 11.7 Å². The molecule has 2 rings (SSSR count). The van der Waals surface area contributed by atoms with Crippen LogP contribution in [0.5, 0.6) is 0 Å². The average Bonchev–Trinajstić information content (AvgIpc) is 2.57. The molecule has 1 heterocycles. The number of hydrogen-bond donors (Lipinski definition) is 0. The van der Waals surface area contributed by atoms with Gasteiger partial charge in [-0.15, -0.1) is 0 Å². The lowest BCUT2D eigenvalue weighted by Gasteiger charge is -2.07. The second kappa shape index (κ2) is 4.05. The largest absolute Gasteiger partial charge is 0.347 e. The van der Waals surface area contributed by atoms with Crippen LogP contribution in [0.15, 0.2) is 30.5 Å². The second-order valence-electron chi connectivity index (χ2n) is 4.39. The Labute approximate surface area is 89.5 Å². The van der Waals surface area contributed by atoms with E-state index in [1.165, 1.54) is 6.07 Å². The number of rotatable bonds is 3. The molecule has 0 saturated carbocycles. The lowest BCUT2D eigenvalue weighted by atomic mass is 10.1. The van der Waals surface area contributed by atoms with Crippen molar-refractivity contribution in [2.75, 3.05) is 0 Å². The predicted octanol–water partition coefficient (Wildman–Crippen LogP) is 3.83. The first kappa shape index (κ1) is 10.2. The summed E-state index contributed by atoms with van der Waals surface area (Å²) in [5.74, 6) is 0.534. The van der Waals surface area contributed by atoms with Gasteiger partial charge in [0.25, 0.3) is 0 Å². The molecule has 0 amide bonds. The minimum Gasteiger partial charge on any atom is -0.347 e. The fraction of sp³-hybridized carbons (Fsp3) is 0.385. The van der Waals surface area contributed by atoms with E-state index in [0.717, 1.165) is 23.9 Å². The minimum absolute atomic E-state index is 0.163. The van der Waals surface area contributed by atoms with Crippen molar-refractivity contribution in [3.05, 3.63) is 36.3 Å². The molecule has 0 saturated heterocycles. The third kappa shape index (κ3) is 2.20. The minimum atomic E-state index is -0.163. The monoisotopic (exact) mass is 205 g/mol. The molecule has 1 aromatic carbocycles. The smallest absolute Gasteiger partial charge is 0.123 e. The van der Waals surface area contributed by atoms with Gasteiger partial charge in [-0.2, -0.15) is 0 Å². The lowest BCUT2D eigenvalue weighted by molar-refractivity contribution is 0.524. The molecule has 1 nitrogen and oxygen atoms in total. The van der Waals surface area contributed by atoms with Gasteiger partial charge in [0.1, 0.15) is 5.82 Å². The van der Waals surface area contributed by atoms with Gasteiger partial charge in [-0.25, -0.2) is 4.39 Å². The number of hydrogen-bond acceptors (Lipinski definition) is 0. The summed E-state index contributed by atoms with van der Waals surface area (Å²) < 4.78 is 15.1. The van der Waals surface area contributed by atoms with Crippen LogP contribution in [0.1, 0.15) is 20.3 Å². The standard InChI is InChI=1S/C13H16FN/c1-10(2)5-7-15-8-6-11-9-12(14)3-4-13(11)15/h3-4,6,8-10H,5,7H2,1-2H3. The van der Waals surface area contributed by atoms with Crippen LogP contribution in [-0.2, 0) is 6.54 Å². The van der Waals surface area contributed by atoms with E-state index in [9.17, 15) is 4.39 Å². The number of halogens is 1. The Balaban J connectivity index is 2.29. The van der Waals surface area contributed by atoms with Crippen LogP contribution >= 0.6 is 0 Å². The molecule has 0 radical (unpaired) electrons. The quantitative estimate of drug-likeness (QED) is 0.717. The van der Waals surface area contributed by atoms with Crippen molar-refractivity contribution in [2.45, 2.75) is 26.8 Å². The van der Waals surface area contributed by atoms with Gasteiger partial charge in [0, 0.05) is 23.6 Å². The Hall–Kier alpha value is -1.31. The third-order valence-electron chi connectivity index (χ3n) is 2.68. The van der Waals surface area contributed by atoms with Gasteiger partial charge in [0.2, 0.25) is 0 Å².